The van der Waals surface area contributed by atoms with Crippen molar-refractivity contribution in [2.75, 3.05) is 6.54 Å². The standard InChI is InChI=1S/C21H23BrN2/c1-14(15-6-3-2-4-7-15)13-23-20-9-5-8-17-18-12-16(22)10-11-19(18)24-21(17)20/h2-4,6-7,10-12,14,20,23-24H,5,8-9,13H2,1H3/t14-,20?/m0/s1. The van der Waals surface area contributed by atoms with E-state index in [-0.39, 0.29) is 0 Å². The van der Waals surface area contributed by atoms with Gasteiger partial charge in [0.05, 0.1) is 0 Å². The summed E-state index contributed by atoms with van der Waals surface area (Å²) in [5.74, 6) is 0.523. The lowest BCUT2D eigenvalue weighted by Gasteiger charge is -2.25. The first-order valence-electron chi connectivity index (χ1n) is 8.80. The van der Waals surface area contributed by atoms with Crippen LogP contribution < -0.4 is 5.32 Å². The second-order valence-corrected chi connectivity index (χ2v) is 7.79. The number of H-pyrrole nitrogens is 1. The van der Waals surface area contributed by atoms with E-state index < -0.39 is 0 Å². The molecule has 24 heavy (non-hydrogen) atoms. The van der Waals surface area contributed by atoms with Crippen LogP contribution in [0.25, 0.3) is 10.9 Å². The van der Waals surface area contributed by atoms with E-state index in [1.165, 1.54) is 47.0 Å². The Balaban J connectivity index is 1.55. The van der Waals surface area contributed by atoms with Gasteiger partial charge in [0.2, 0.25) is 0 Å². The van der Waals surface area contributed by atoms with E-state index in [1.54, 1.807) is 0 Å². The van der Waals surface area contributed by atoms with Crippen LogP contribution in [0, 0.1) is 0 Å². The lowest BCUT2D eigenvalue weighted by atomic mass is 9.91. The minimum absolute atomic E-state index is 0.436. The number of nitrogens with one attached hydrogen (secondary N) is 2. The fourth-order valence-corrected chi connectivity index (χ4v) is 4.22. The maximum atomic E-state index is 3.81. The molecule has 124 valence electrons. The smallest absolute Gasteiger partial charge is 0.0476 e. The van der Waals surface area contributed by atoms with Crippen LogP contribution in [0.3, 0.4) is 0 Å². The van der Waals surface area contributed by atoms with E-state index in [1.807, 2.05) is 0 Å². The Kier molecular flexibility index (Phi) is 4.47. The topological polar surface area (TPSA) is 27.8 Å². The maximum Gasteiger partial charge on any atom is 0.0476 e. The summed E-state index contributed by atoms with van der Waals surface area (Å²) in [6.45, 7) is 3.31. The molecule has 3 aromatic rings. The zero-order valence-corrected chi connectivity index (χ0v) is 15.6. The van der Waals surface area contributed by atoms with Crippen molar-refractivity contribution >= 4 is 26.8 Å². The Bertz CT molecular complexity index is 838. The van der Waals surface area contributed by atoms with Crippen molar-refractivity contribution in [3.05, 3.63) is 69.8 Å². The van der Waals surface area contributed by atoms with Gasteiger partial charge in [0.1, 0.15) is 0 Å². The summed E-state index contributed by atoms with van der Waals surface area (Å²) in [5.41, 5.74) is 5.56. The van der Waals surface area contributed by atoms with Crippen LogP contribution in [0.5, 0.6) is 0 Å². The van der Waals surface area contributed by atoms with Crippen LogP contribution in [0.15, 0.2) is 53.0 Å². The van der Waals surface area contributed by atoms with Crippen molar-refractivity contribution in [2.24, 2.45) is 0 Å². The highest BCUT2D eigenvalue weighted by Crippen LogP contribution is 2.36. The van der Waals surface area contributed by atoms with Gasteiger partial charge in [-0.2, -0.15) is 0 Å². The molecule has 0 saturated carbocycles. The number of fused-ring (bicyclic) bond motifs is 3. The minimum atomic E-state index is 0.436. The third kappa shape index (κ3) is 3.03. The lowest BCUT2D eigenvalue weighted by Crippen LogP contribution is -2.28. The molecule has 0 aliphatic heterocycles. The molecule has 1 aliphatic carbocycles. The van der Waals surface area contributed by atoms with E-state index in [0.29, 0.717) is 12.0 Å². The van der Waals surface area contributed by atoms with Gasteiger partial charge in [-0.25, -0.2) is 0 Å². The molecule has 2 aromatic carbocycles. The Morgan fingerprint density at radius 1 is 1.21 bits per heavy atom. The van der Waals surface area contributed by atoms with E-state index in [0.717, 1.165) is 11.0 Å². The fourth-order valence-electron chi connectivity index (χ4n) is 3.86. The van der Waals surface area contributed by atoms with Gasteiger partial charge in [0.25, 0.3) is 0 Å². The first-order valence-corrected chi connectivity index (χ1v) is 9.60. The predicted molar refractivity (Wildman–Crippen MR) is 105 cm³/mol. The first-order chi connectivity index (χ1) is 11.7. The third-order valence-corrected chi connectivity index (χ3v) is 5.70. The van der Waals surface area contributed by atoms with Gasteiger partial charge in [-0.3, -0.25) is 0 Å². The molecule has 0 saturated heterocycles. The largest absolute Gasteiger partial charge is 0.357 e. The SMILES string of the molecule is C[C@@H](CNC1CCCc2c1[nH]c1ccc(Br)cc21)c1ccccc1. The molecule has 3 heteroatoms. The summed E-state index contributed by atoms with van der Waals surface area (Å²) in [6.07, 6.45) is 3.64. The van der Waals surface area contributed by atoms with Gasteiger partial charge in [-0.1, -0.05) is 53.2 Å². The zero-order valence-electron chi connectivity index (χ0n) is 14.0. The second-order valence-electron chi connectivity index (χ2n) is 6.87. The molecule has 1 unspecified atom stereocenters. The van der Waals surface area contributed by atoms with E-state index in [4.69, 9.17) is 0 Å². The van der Waals surface area contributed by atoms with Crippen LogP contribution >= 0.6 is 15.9 Å². The Morgan fingerprint density at radius 2 is 2.04 bits per heavy atom. The Hall–Kier alpha value is -1.58. The molecule has 2 nitrogen and oxygen atoms in total. The summed E-state index contributed by atoms with van der Waals surface area (Å²) in [5, 5.41) is 5.19. The summed E-state index contributed by atoms with van der Waals surface area (Å²) in [7, 11) is 0. The molecular weight excluding hydrogens is 360 g/mol. The molecule has 1 heterocycles. The lowest BCUT2D eigenvalue weighted by molar-refractivity contribution is 0.440. The van der Waals surface area contributed by atoms with E-state index in [9.17, 15) is 0 Å². The third-order valence-electron chi connectivity index (χ3n) is 5.21. The summed E-state index contributed by atoms with van der Waals surface area (Å²) in [4.78, 5) is 3.67. The summed E-state index contributed by atoms with van der Waals surface area (Å²) < 4.78 is 1.16. The number of benzene rings is 2. The number of aryl methyl sites for hydroxylation is 1. The Labute approximate surface area is 151 Å². The first kappa shape index (κ1) is 15.9. The molecule has 0 fully saturated rings. The van der Waals surface area contributed by atoms with E-state index in [2.05, 4.69) is 81.7 Å². The molecule has 4 rings (SSSR count). The van der Waals surface area contributed by atoms with Crippen molar-refractivity contribution in [3.8, 4) is 0 Å². The van der Waals surface area contributed by atoms with Gasteiger partial charge in [0.15, 0.2) is 0 Å². The summed E-state index contributed by atoms with van der Waals surface area (Å²) in [6, 6.07) is 17.8. The second kappa shape index (κ2) is 6.73. The number of halogens is 1. The summed E-state index contributed by atoms with van der Waals surface area (Å²) >= 11 is 3.61. The number of hydrogen-bond donors (Lipinski definition) is 2. The van der Waals surface area contributed by atoms with Gasteiger partial charge >= 0.3 is 0 Å². The molecular formula is C21H23BrN2. The van der Waals surface area contributed by atoms with Crippen LogP contribution in [0.4, 0.5) is 0 Å². The van der Waals surface area contributed by atoms with Crippen LogP contribution in [-0.2, 0) is 6.42 Å². The van der Waals surface area contributed by atoms with Gasteiger partial charge in [0, 0.05) is 33.7 Å². The van der Waals surface area contributed by atoms with Crippen molar-refractivity contribution in [3.63, 3.8) is 0 Å². The molecule has 1 aliphatic rings. The van der Waals surface area contributed by atoms with Crippen molar-refractivity contribution < 1.29 is 0 Å². The van der Waals surface area contributed by atoms with Gasteiger partial charge in [-0.05, 0) is 54.5 Å². The van der Waals surface area contributed by atoms with Crippen molar-refractivity contribution in [1.29, 1.82) is 0 Å². The van der Waals surface area contributed by atoms with Crippen molar-refractivity contribution in [1.82, 2.24) is 10.3 Å². The molecule has 0 bridgehead atoms. The molecule has 1 aromatic heterocycles. The van der Waals surface area contributed by atoms with Gasteiger partial charge in [-0.15, -0.1) is 0 Å². The predicted octanol–water partition coefficient (Wildman–Crippen LogP) is 5.70. The molecule has 0 spiro atoms. The highest BCUT2D eigenvalue weighted by Gasteiger charge is 2.24. The van der Waals surface area contributed by atoms with Gasteiger partial charge < -0.3 is 10.3 Å². The number of rotatable bonds is 4. The maximum absolute atomic E-state index is 3.81. The average Bonchev–Trinajstić information content (AvgIpc) is 2.99. The average molecular weight is 383 g/mol. The number of aromatic nitrogens is 1. The van der Waals surface area contributed by atoms with Crippen LogP contribution in [0.2, 0.25) is 0 Å². The van der Waals surface area contributed by atoms with Crippen LogP contribution in [0.1, 0.15) is 48.5 Å². The normalized spacial score (nSPS) is 18.5. The molecule has 2 N–H and O–H groups in total. The minimum Gasteiger partial charge on any atom is -0.357 e. The van der Waals surface area contributed by atoms with Crippen molar-refractivity contribution in [2.45, 2.75) is 38.1 Å². The zero-order chi connectivity index (χ0) is 16.5. The molecule has 2 atom stereocenters. The van der Waals surface area contributed by atoms with Crippen LogP contribution in [-0.4, -0.2) is 11.5 Å². The monoisotopic (exact) mass is 382 g/mol. The molecule has 0 radical (unpaired) electrons. The number of aromatic amines is 1. The highest BCUT2D eigenvalue weighted by molar-refractivity contribution is 9.10. The molecule has 0 amide bonds. The van der Waals surface area contributed by atoms with E-state index >= 15 is 0 Å². The highest BCUT2D eigenvalue weighted by atomic mass is 79.9. The number of hydrogen-bond acceptors (Lipinski definition) is 1. The fraction of sp³-hybridized carbons (Fsp3) is 0.333. The quantitative estimate of drug-likeness (QED) is 0.594. The Morgan fingerprint density at radius 3 is 2.88 bits per heavy atom.